The van der Waals surface area contributed by atoms with Crippen LogP contribution in [0.2, 0.25) is 0 Å². The number of hydrogen-bond donors (Lipinski definition) is 0. The number of nitrogens with zero attached hydrogens (tertiary/aromatic N) is 2. The first-order valence-corrected chi connectivity index (χ1v) is 10.0. The Hall–Kier alpha value is -2.96. The second-order valence-electron chi connectivity index (χ2n) is 8.20. The summed E-state index contributed by atoms with van der Waals surface area (Å²) < 4.78 is 5.29. The molecule has 1 saturated carbocycles. The lowest BCUT2D eigenvalue weighted by atomic mass is 9.85. The molecule has 2 aromatic rings. The number of hydrogen-bond acceptors (Lipinski definition) is 5. The van der Waals surface area contributed by atoms with Gasteiger partial charge in [0, 0.05) is 17.5 Å². The van der Waals surface area contributed by atoms with Crippen LogP contribution >= 0.6 is 0 Å². The Balaban J connectivity index is 1.70. The summed E-state index contributed by atoms with van der Waals surface area (Å²) in [6, 6.07) is 4.08. The molecule has 2 aliphatic rings. The van der Waals surface area contributed by atoms with Gasteiger partial charge in [-0.2, -0.15) is 0 Å². The Morgan fingerprint density at radius 2 is 1.66 bits per heavy atom. The summed E-state index contributed by atoms with van der Waals surface area (Å²) in [5, 5.41) is 0.658. The van der Waals surface area contributed by atoms with Crippen molar-refractivity contribution in [1.29, 1.82) is 0 Å². The van der Waals surface area contributed by atoms with E-state index in [0.29, 0.717) is 16.5 Å². The second kappa shape index (κ2) is 7.13. The number of urea groups is 1. The molecule has 0 bridgehead atoms. The fourth-order valence-electron chi connectivity index (χ4n) is 4.42. The lowest BCUT2D eigenvalue weighted by Crippen LogP contribution is -2.46. The molecule has 1 aliphatic carbocycles. The van der Waals surface area contributed by atoms with Gasteiger partial charge < -0.3 is 4.42 Å². The van der Waals surface area contributed by atoms with Crippen LogP contribution in [0.3, 0.4) is 0 Å². The number of carbonyl (C=O) groups is 3. The summed E-state index contributed by atoms with van der Waals surface area (Å²) in [7, 11) is 0. The maximum atomic E-state index is 13.0. The molecular formula is C22H24N2O5. The summed E-state index contributed by atoms with van der Waals surface area (Å²) in [4.78, 5) is 52.4. The Morgan fingerprint density at radius 3 is 2.38 bits per heavy atom. The summed E-state index contributed by atoms with van der Waals surface area (Å²) >= 11 is 0. The summed E-state index contributed by atoms with van der Waals surface area (Å²) in [5.74, 6) is -1.44. The molecule has 7 nitrogen and oxygen atoms in total. The third-order valence-corrected chi connectivity index (χ3v) is 6.25. The molecule has 2 atom stereocenters. The SMILES string of the molecule is Cc1cc2oc(=O)cc(CN3C(=O)C(=O)N([C@@H]4CCCC[C@@H]4C)C3=O)c2cc1C. The number of amides is 4. The van der Waals surface area contributed by atoms with Crippen molar-refractivity contribution >= 4 is 28.8 Å². The number of imide groups is 2. The first-order chi connectivity index (χ1) is 13.8. The van der Waals surface area contributed by atoms with Crippen LogP contribution in [0.1, 0.15) is 49.3 Å². The molecule has 2 heterocycles. The van der Waals surface area contributed by atoms with E-state index in [1.54, 1.807) is 6.07 Å². The van der Waals surface area contributed by atoms with Crippen molar-refractivity contribution in [1.82, 2.24) is 9.80 Å². The predicted octanol–water partition coefficient (Wildman–Crippen LogP) is 3.28. The standard InChI is InChI=1S/C22H24N2O5/c1-12-6-4-5-7-17(12)24-21(27)20(26)23(22(24)28)11-15-10-19(25)29-18-9-14(3)13(2)8-16(15)18/h8-10,12,17H,4-7,11H2,1-3H3/t12-,17+/m0/s1. The van der Waals surface area contributed by atoms with Gasteiger partial charge in [0.1, 0.15) is 5.58 Å². The van der Waals surface area contributed by atoms with Crippen molar-refractivity contribution in [3.63, 3.8) is 0 Å². The van der Waals surface area contributed by atoms with Gasteiger partial charge in [-0.3, -0.25) is 19.4 Å². The van der Waals surface area contributed by atoms with E-state index in [4.69, 9.17) is 4.42 Å². The Bertz CT molecular complexity index is 1090. The fraction of sp³-hybridized carbons (Fsp3) is 0.455. The van der Waals surface area contributed by atoms with Crippen LogP contribution in [0.5, 0.6) is 0 Å². The summed E-state index contributed by atoms with van der Waals surface area (Å²) in [6.45, 7) is 5.73. The zero-order chi connectivity index (χ0) is 20.9. The summed E-state index contributed by atoms with van der Waals surface area (Å²) in [5.41, 5.74) is 2.31. The van der Waals surface area contributed by atoms with Gasteiger partial charge in [0.25, 0.3) is 0 Å². The third kappa shape index (κ3) is 3.24. The van der Waals surface area contributed by atoms with Crippen LogP contribution in [0, 0.1) is 19.8 Å². The van der Waals surface area contributed by atoms with Gasteiger partial charge in [0.15, 0.2) is 0 Å². The van der Waals surface area contributed by atoms with Gasteiger partial charge in [-0.25, -0.2) is 9.59 Å². The topological polar surface area (TPSA) is 87.9 Å². The Kier molecular flexibility index (Phi) is 4.76. The molecule has 0 spiro atoms. The van der Waals surface area contributed by atoms with E-state index in [2.05, 4.69) is 0 Å². The summed E-state index contributed by atoms with van der Waals surface area (Å²) in [6.07, 6.45) is 3.65. The molecular weight excluding hydrogens is 372 g/mol. The minimum absolute atomic E-state index is 0.133. The molecule has 1 aromatic heterocycles. The molecule has 0 unspecified atom stereocenters. The Morgan fingerprint density at radius 1 is 0.966 bits per heavy atom. The quantitative estimate of drug-likeness (QED) is 0.451. The molecule has 7 heteroatoms. The maximum Gasteiger partial charge on any atom is 0.336 e. The van der Waals surface area contributed by atoms with Crippen LogP contribution in [-0.4, -0.2) is 33.7 Å². The molecule has 0 N–H and O–H groups in total. The van der Waals surface area contributed by atoms with E-state index in [-0.39, 0.29) is 18.5 Å². The predicted molar refractivity (Wildman–Crippen MR) is 106 cm³/mol. The first kappa shape index (κ1) is 19.4. The minimum Gasteiger partial charge on any atom is -0.423 e. The lowest BCUT2D eigenvalue weighted by molar-refractivity contribution is -0.144. The van der Waals surface area contributed by atoms with Gasteiger partial charge in [0.2, 0.25) is 0 Å². The Labute approximate surface area is 168 Å². The van der Waals surface area contributed by atoms with Crippen LogP contribution in [-0.2, 0) is 16.1 Å². The number of benzene rings is 1. The normalized spacial score (nSPS) is 22.8. The van der Waals surface area contributed by atoms with Crippen molar-refractivity contribution in [2.24, 2.45) is 5.92 Å². The monoisotopic (exact) mass is 396 g/mol. The smallest absolute Gasteiger partial charge is 0.336 e. The molecule has 0 radical (unpaired) electrons. The highest BCUT2D eigenvalue weighted by Crippen LogP contribution is 2.32. The van der Waals surface area contributed by atoms with Crippen LogP contribution < -0.4 is 5.63 Å². The molecule has 4 amide bonds. The minimum atomic E-state index is -0.835. The number of carbonyl (C=O) groups excluding carboxylic acids is 3. The van der Waals surface area contributed by atoms with Crippen molar-refractivity contribution in [3.8, 4) is 0 Å². The zero-order valence-corrected chi connectivity index (χ0v) is 16.9. The van der Waals surface area contributed by atoms with E-state index < -0.39 is 23.5 Å². The third-order valence-electron chi connectivity index (χ3n) is 6.25. The average molecular weight is 396 g/mol. The van der Waals surface area contributed by atoms with Gasteiger partial charge in [-0.1, -0.05) is 19.8 Å². The lowest BCUT2D eigenvalue weighted by Gasteiger charge is -2.34. The van der Waals surface area contributed by atoms with Gasteiger partial charge in [0.05, 0.1) is 6.54 Å². The van der Waals surface area contributed by atoms with Crippen molar-refractivity contribution in [3.05, 3.63) is 45.3 Å². The van der Waals surface area contributed by atoms with E-state index in [1.165, 1.54) is 6.07 Å². The zero-order valence-electron chi connectivity index (χ0n) is 16.9. The van der Waals surface area contributed by atoms with Gasteiger partial charge in [-0.15, -0.1) is 0 Å². The van der Waals surface area contributed by atoms with E-state index in [1.807, 2.05) is 26.8 Å². The molecule has 1 aliphatic heterocycles. The molecule has 1 aromatic carbocycles. The number of rotatable bonds is 3. The highest BCUT2D eigenvalue weighted by Gasteiger charge is 2.49. The van der Waals surface area contributed by atoms with Crippen molar-refractivity contribution < 1.29 is 18.8 Å². The van der Waals surface area contributed by atoms with Crippen molar-refractivity contribution in [2.45, 2.75) is 59.0 Å². The maximum absolute atomic E-state index is 13.0. The van der Waals surface area contributed by atoms with E-state index in [9.17, 15) is 19.2 Å². The number of aryl methyl sites for hydroxylation is 2. The molecule has 152 valence electrons. The molecule has 29 heavy (non-hydrogen) atoms. The highest BCUT2D eigenvalue weighted by molar-refractivity contribution is 6.44. The fourth-order valence-corrected chi connectivity index (χ4v) is 4.42. The molecule has 1 saturated heterocycles. The van der Waals surface area contributed by atoms with Crippen LogP contribution in [0.4, 0.5) is 4.79 Å². The highest BCUT2D eigenvalue weighted by atomic mass is 16.4. The van der Waals surface area contributed by atoms with Gasteiger partial charge in [-0.05, 0) is 61.4 Å². The van der Waals surface area contributed by atoms with Crippen molar-refractivity contribution in [2.75, 3.05) is 0 Å². The van der Waals surface area contributed by atoms with E-state index in [0.717, 1.165) is 46.6 Å². The second-order valence-corrected chi connectivity index (χ2v) is 8.20. The number of fused-ring (bicyclic) bond motifs is 1. The van der Waals surface area contributed by atoms with Crippen LogP contribution in [0.25, 0.3) is 11.0 Å². The van der Waals surface area contributed by atoms with E-state index >= 15 is 0 Å². The van der Waals surface area contributed by atoms with Gasteiger partial charge >= 0.3 is 23.5 Å². The van der Waals surface area contributed by atoms with Crippen LogP contribution in [0.15, 0.2) is 27.4 Å². The average Bonchev–Trinajstić information content (AvgIpc) is 2.87. The molecule has 2 fully saturated rings. The largest absolute Gasteiger partial charge is 0.423 e. The molecule has 4 rings (SSSR count). The first-order valence-electron chi connectivity index (χ1n) is 10.0.